The van der Waals surface area contributed by atoms with Crippen molar-refractivity contribution in [1.29, 1.82) is 5.26 Å². The van der Waals surface area contributed by atoms with Crippen molar-refractivity contribution in [1.82, 2.24) is 5.41 Å². The molecule has 0 saturated heterocycles. The molecule has 0 heterocycles. The lowest BCUT2D eigenvalue weighted by Crippen LogP contribution is -1.80. The van der Waals surface area contributed by atoms with Crippen LogP contribution in [0.1, 0.15) is 11.1 Å². The molecule has 0 saturated carbocycles. The maximum Gasteiger partial charge on any atom is 0.0991 e. The average Bonchev–Trinajstić information content (AvgIpc) is 2.05. The van der Waals surface area contributed by atoms with Crippen LogP contribution in [0.15, 0.2) is 24.3 Å². The van der Waals surface area contributed by atoms with E-state index < -0.39 is 0 Å². The third-order valence-electron chi connectivity index (χ3n) is 1.19. The van der Waals surface area contributed by atoms with Crippen LogP contribution >= 0.6 is 0 Å². The molecule has 10 heavy (non-hydrogen) atoms. The molecule has 1 rings (SSSR count). The molecule has 1 aromatic rings. The summed E-state index contributed by atoms with van der Waals surface area (Å²) >= 11 is 0. The molecule has 2 nitrogen and oxygen atoms in total. The van der Waals surface area contributed by atoms with Gasteiger partial charge in [0.05, 0.1) is 17.8 Å². The van der Waals surface area contributed by atoms with Gasteiger partial charge in [-0.3, -0.25) is 0 Å². The van der Waals surface area contributed by atoms with Gasteiger partial charge < -0.3 is 0 Å². The Morgan fingerprint density at radius 3 is 2.20 bits per heavy atom. The van der Waals surface area contributed by atoms with E-state index in [4.69, 9.17) is 10.7 Å². The maximum absolute atomic E-state index is 8.49. The summed E-state index contributed by atoms with van der Waals surface area (Å²) in [5.41, 5.74) is 1.31. The first kappa shape index (κ1) is 6.50. The lowest BCUT2D eigenvalue weighted by atomic mass is 10.2. The molecular formula is C8H5N2. The normalized spacial score (nSPS) is 8.30. The van der Waals surface area contributed by atoms with Crippen molar-refractivity contribution in [2.75, 3.05) is 0 Å². The quantitative estimate of drug-likeness (QED) is 0.517. The first-order valence-corrected chi connectivity index (χ1v) is 2.84. The zero-order valence-electron chi connectivity index (χ0n) is 5.28. The minimum atomic E-state index is 0.602. The van der Waals surface area contributed by atoms with Crippen LogP contribution in [0.3, 0.4) is 0 Å². The van der Waals surface area contributed by atoms with E-state index in [1.165, 1.54) is 0 Å². The second-order valence-electron chi connectivity index (χ2n) is 1.86. The Hall–Kier alpha value is -1.62. The molecule has 0 fully saturated rings. The summed E-state index contributed by atoms with van der Waals surface area (Å²) in [6.45, 7) is 0. The Labute approximate surface area is 59.2 Å². The van der Waals surface area contributed by atoms with E-state index in [9.17, 15) is 0 Å². The largest absolute Gasteiger partial charge is 0.192 e. The minimum absolute atomic E-state index is 0.602. The van der Waals surface area contributed by atoms with Crippen LogP contribution in [0, 0.1) is 11.3 Å². The predicted octanol–water partition coefficient (Wildman–Crippen LogP) is 0.777. The molecule has 0 aliphatic rings. The van der Waals surface area contributed by atoms with E-state index >= 15 is 0 Å². The number of benzene rings is 1. The molecule has 2 heteroatoms. The molecule has 0 aliphatic carbocycles. The van der Waals surface area contributed by atoms with Crippen LogP contribution in [0.4, 0.5) is 0 Å². The first-order valence-electron chi connectivity index (χ1n) is 2.84. The third-order valence-corrected chi connectivity index (χ3v) is 1.19. The van der Waals surface area contributed by atoms with Gasteiger partial charge in [-0.25, -0.2) is 0 Å². The van der Waals surface area contributed by atoms with Crippen LogP contribution in [0.2, 0.25) is 0 Å². The summed E-state index contributed by atoms with van der Waals surface area (Å²) in [5.74, 6) is 0. The van der Waals surface area contributed by atoms with Crippen LogP contribution in [-0.4, -0.2) is 6.21 Å². The van der Waals surface area contributed by atoms with Crippen molar-refractivity contribution >= 4 is 6.21 Å². The van der Waals surface area contributed by atoms with Gasteiger partial charge in [-0.05, 0) is 17.7 Å². The van der Waals surface area contributed by atoms with E-state index in [0.717, 1.165) is 6.21 Å². The standard InChI is InChI=1S/C8H5N2/c9-5-7-1-2-8(6-10)4-3-7/h1-5H. The Morgan fingerprint density at radius 1 is 1.20 bits per heavy atom. The van der Waals surface area contributed by atoms with E-state index in [1.807, 2.05) is 6.07 Å². The zero-order valence-corrected chi connectivity index (χ0v) is 5.28. The SMILES string of the molecule is [N]=Cc1ccc(C#N)cc1. The van der Waals surface area contributed by atoms with Crippen LogP contribution in [-0.2, 0) is 0 Å². The maximum atomic E-state index is 8.49. The van der Waals surface area contributed by atoms with Gasteiger partial charge in [0.25, 0.3) is 0 Å². The van der Waals surface area contributed by atoms with Crippen LogP contribution < -0.4 is 5.41 Å². The Kier molecular flexibility index (Phi) is 1.81. The fourth-order valence-corrected chi connectivity index (χ4v) is 0.644. The van der Waals surface area contributed by atoms with Gasteiger partial charge in [0, 0.05) is 0 Å². The Balaban J connectivity index is 3.04. The molecule has 0 unspecified atom stereocenters. The van der Waals surface area contributed by atoms with E-state index in [0.29, 0.717) is 11.1 Å². The van der Waals surface area contributed by atoms with Crippen LogP contribution in [0.5, 0.6) is 0 Å². The van der Waals surface area contributed by atoms with Gasteiger partial charge in [-0.1, -0.05) is 12.1 Å². The van der Waals surface area contributed by atoms with Gasteiger partial charge in [0.15, 0.2) is 0 Å². The summed E-state index contributed by atoms with van der Waals surface area (Å²) in [6.07, 6.45) is 1.00. The van der Waals surface area contributed by atoms with Crippen molar-refractivity contribution in [2.45, 2.75) is 0 Å². The monoisotopic (exact) mass is 129 g/mol. The fraction of sp³-hybridized carbons (Fsp3) is 0. The van der Waals surface area contributed by atoms with Gasteiger partial charge in [0.2, 0.25) is 0 Å². The molecule has 0 bridgehead atoms. The molecule has 0 amide bonds. The highest BCUT2D eigenvalue weighted by atomic mass is 14.3. The van der Waals surface area contributed by atoms with Gasteiger partial charge in [0.1, 0.15) is 0 Å². The molecule has 0 aromatic heterocycles. The molecule has 1 aromatic carbocycles. The van der Waals surface area contributed by atoms with E-state index in [2.05, 4.69) is 0 Å². The third kappa shape index (κ3) is 1.20. The highest BCUT2D eigenvalue weighted by Crippen LogP contribution is 1.99. The minimum Gasteiger partial charge on any atom is -0.192 e. The number of rotatable bonds is 1. The molecule has 0 atom stereocenters. The first-order chi connectivity index (χ1) is 4.86. The molecule has 0 N–H and O–H groups in total. The summed E-state index contributed by atoms with van der Waals surface area (Å²) in [7, 11) is 0. The Morgan fingerprint density at radius 2 is 1.80 bits per heavy atom. The van der Waals surface area contributed by atoms with Gasteiger partial charge >= 0.3 is 0 Å². The second kappa shape index (κ2) is 2.79. The summed E-state index contributed by atoms with van der Waals surface area (Å²) in [5, 5.41) is 16.9. The predicted molar refractivity (Wildman–Crippen MR) is 38.5 cm³/mol. The zero-order chi connectivity index (χ0) is 7.40. The fourth-order valence-electron chi connectivity index (χ4n) is 0.644. The van der Waals surface area contributed by atoms with E-state index in [-0.39, 0.29) is 0 Å². The molecule has 47 valence electrons. The summed E-state index contributed by atoms with van der Waals surface area (Å²) in [6, 6.07) is 8.65. The van der Waals surface area contributed by atoms with Gasteiger partial charge in [-0.15, -0.1) is 0 Å². The number of nitriles is 1. The van der Waals surface area contributed by atoms with Crippen molar-refractivity contribution in [3.63, 3.8) is 0 Å². The van der Waals surface area contributed by atoms with Crippen LogP contribution in [0.25, 0.3) is 0 Å². The van der Waals surface area contributed by atoms with Crippen molar-refractivity contribution in [3.8, 4) is 6.07 Å². The number of nitrogens with zero attached hydrogens (tertiary/aromatic N) is 2. The summed E-state index contributed by atoms with van der Waals surface area (Å²) < 4.78 is 0. The number of hydrogen-bond acceptors (Lipinski definition) is 1. The van der Waals surface area contributed by atoms with Crippen molar-refractivity contribution < 1.29 is 0 Å². The van der Waals surface area contributed by atoms with Crippen molar-refractivity contribution in [2.24, 2.45) is 0 Å². The smallest absolute Gasteiger partial charge is 0.0991 e. The van der Waals surface area contributed by atoms with Crippen molar-refractivity contribution in [3.05, 3.63) is 35.4 Å². The highest BCUT2D eigenvalue weighted by molar-refractivity contribution is 5.77. The highest BCUT2D eigenvalue weighted by Gasteiger charge is 1.87. The molecule has 0 aliphatic heterocycles. The summed E-state index contributed by atoms with van der Waals surface area (Å²) in [4.78, 5) is 0. The molecular weight excluding hydrogens is 124 g/mol. The molecule has 0 spiro atoms. The average molecular weight is 129 g/mol. The lowest BCUT2D eigenvalue weighted by Gasteiger charge is -1.88. The molecule has 1 radical (unpaired) electrons. The number of hydrogen-bond donors (Lipinski definition) is 0. The van der Waals surface area contributed by atoms with E-state index in [1.54, 1.807) is 24.3 Å². The second-order valence-corrected chi connectivity index (χ2v) is 1.86. The Bertz CT molecular complexity index is 266. The topological polar surface area (TPSA) is 46.1 Å². The van der Waals surface area contributed by atoms with Gasteiger partial charge in [-0.2, -0.15) is 10.7 Å². The lowest BCUT2D eigenvalue weighted by molar-refractivity contribution is 1.48.